The predicted molar refractivity (Wildman–Crippen MR) is 111 cm³/mol. The minimum atomic E-state index is 0.436. The van der Waals surface area contributed by atoms with Gasteiger partial charge in [-0.2, -0.15) is 0 Å². The monoisotopic (exact) mass is 376 g/mol. The van der Waals surface area contributed by atoms with Gasteiger partial charge in [0.25, 0.3) is 0 Å². The van der Waals surface area contributed by atoms with Crippen LogP contribution in [0.25, 0.3) is 21.8 Å². The van der Waals surface area contributed by atoms with Crippen molar-refractivity contribution in [1.82, 2.24) is 9.97 Å². The van der Waals surface area contributed by atoms with Crippen molar-refractivity contribution in [3.05, 3.63) is 65.9 Å². The predicted octanol–water partition coefficient (Wildman–Crippen LogP) is 5.23. The molecule has 4 rings (SSSR count). The summed E-state index contributed by atoms with van der Waals surface area (Å²) in [7, 11) is 1.69. The SMILES string of the molecule is CCCOc1ncc2[nH]c3ccc(OCc4ccccc4)cc3c2c1COC. The molecule has 0 atom stereocenters. The molecular weight excluding hydrogens is 352 g/mol. The molecule has 0 aliphatic carbocycles. The van der Waals surface area contributed by atoms with Crippen LogP contribution >= 0.6 is 0 Å². The maximum atomic E-state index is 6.02. The van der Waals surface area contributed by atoms with Crippen molar-refractivity contribution < 1.29 is 14.2 Å². The van der Waals surface area contributed by atoms with E-state index >= 15 is 0 Å². The molecule has 0 spiro atoms. The number of hydrogen-bond donors (Lipinski definition) is 1. The highest BCUT2D eigenvalue weighted by Crippen LogP contribution is 2.35. The molecule has 5 heteroatoms. The molecule has 2 heterocycles. The van der Waals surface area contributed by atoms with Crippen LogP contribution in [0.15, 0.2) is 54.7 Å². The van der Waals surface area contributed by atoms with Crippen molar-refractivity contribution >= 4 is 21.8 Å². The molecule has 0 unspecified atom stereocenters. The smallest absolute Gasteiger partial charge is 0.219 e. The van der Waals surface area contributed by atoms with E-state index in [1.807, 2.05) is 36.5 Å². The summed E-state index contributed by atoms with van der Waals surface area (Å²) in [5.41, 5.74) is 4.10. The summed E-state index contributed by atoms with van der Waals surface area (Å²) in [5.74, 6) is 1.46. The van der Waals surface area contributed by atoms with Gasteiger partial charge in [-0.15, -0.1) is 0 Å². The average Bonchev–Trinajstić information content (AvgIpc) is 3.10. The largest absolute Gasteiger partial charge is 0.489 e. The Balaban J connectivity index is 1.74. The van der Waals surface area contributed by atoms with Crippen molar-refractivity contribution in [3.8, 4) is 11.6 Å². The van der Waals surface area contributed by atoms with Gasteiger partial charge < -0.3 is 19.2 Å². The van der Waals surface area contributed by atoms with Crippen molar-refractivity contribution in [1.29, 1.82) is 0 Å². The Morgan fingerprint density at radius 1 is 0.964 bits per heavy atom. The Bertz CT molecular complexity index is 1070. The number of fused-ring (bicyclic) bond motifs is 3. The molecule has 0 amide bonds. The van der Waals surface area contributed by atoms with Crippen LogP contribution in [0, 0.1) is 0 Å². The molecule has 0 bridgehead atoms. The zero-order valence-electron chi connectivity index (χ0n) is 16.2. The van der Waals surface area contributed by atoms with Gasteiger partial charge in [-0.1, -0.05) is 37.3 Å². The molecule has 0 aliphatic rings. The quantitative estimate of drug-likeness (QED) is 0.457. The van der Waals surface area contributed by atoms with Crippen LogP contribution in [0.2, 0.25) is 0 Å². The number of rotatable bonds is 8. The first-order valence-corrected chi connectivity index (χ1v) is 9.52. The number of methoxy groups -OCH3 is 1. The second-order valence-corrected chi connectivity index (χ2v) is 6.72. The minimum absolute atomic E-state index is 0.436. The van der Waals surface area contributed by atoms with E-state index in [1.54, 1.807) is 7.11 Å². The molecule has 0 aliphatic heterocycles. The first-order chi connectivity index (χ1) is 13.8. The van der Waals surface area contributed by atoms with Gasteiger partial charge in [0.1, 0.15) is 12.4 Å². The number of nitrogens with zero attached hydrogens (tertiary/aromatic N) is 1. The lowest BCUT2D eigenvalue weighted by molar-refractivity contribution is 0.180. The molecule has 2 aromatic heterocycles. The van der Waals surface area contributed by atoms with E-state index in [1.165, 1.54) is 0 Å². The van der Waals surface area contributed by atoms with Crippen molar-refractivity contribution in [2.24, 2.45) is 0 Å². The molecule has 2 aromatic carbocycles. The zero-order valence-corrected chi connectivity index (χ0v) is 16.2. The molecular formula is C23H24N2O3. The lowest BCUT2D eigenvalue weighted by Crippen LogP contribution is -2.02. The molecule has 5 nitrogen and oxygen atoms in total. The summed E-state index contributed by atoms with van der Waals surface area (Å²) in [5, 5.41) is 2.15. The Hall–Kier alpha value is -3.05. The molecule has 4 aromatic rings. The standard InChI is InChI=1S/C23H24N2O3/c1-3-11-27-23-19(15-26-2)22-18-12-17(28-14-16-7-5-4-6-8-16)9-10-20(18)25-21(22)13-24-23/h4-10,12-13,25H,3,11,14-15H2,1-2H3. The third kappa shape index (κ3) is 3.66. The van der Waals surface area contributed by atoms with Crippen LogP contribution in [0.3, 0.4) is 0 Å². The van der Waals surface area contributed by atoms with E-state index in [-0.39, 0.29) is 0 Å². The third-order valence-corrected chi connectivity index (χ3v) is 4.65. The zero-order chi connectivity index (χ0) is 19.3. The van der Waals surface area contributed by atoms with E-state index in [9.17, 15) is 0 Å². The number of benzene rings is 2. The first kappa shape index (κ1) is 18.3. The number of H-pyrrole nitrogens is 1. The molecule has 28 heavy (non-hydrogen) atoms. The van der Waals surface area contributed by atoms with Crippen LogP contribution in [0.1, 0.15) is 24.5 Å². The summed E-state index contributed by atoms with van der Waals surface area (Å²) in [6, 6.07) is 16.3. The number of pyridine rings is 1. The maximum Gasteiger partial charge on any atom is 0.219 e. The molecule has 1 N–H and O–H groups in total. The first-order valence-electron chi connectivity index (χ1n) is 9.52. The summed E-state index contributed by atoms with van der Waals surface area (Å²) >= 11 is 0. The van der Waals surface area contributed by atoms with Crippen LogP contribution in [-0.4, -0.2) is 23.7 Å². The molecule has 144 valence electrons. The minimum Gasteiger partial charge on any atom is -0.489 e. The van der Waals surface area contributed by atoms with Gasteiger partial charge in [0.15, 0.2) is 0 Å². The second-order valence-electron chi connectivity index (χ2n) is 6.72. The lowest BCUT2D eigenvalue weighted by atomic mass is 10.1. The van der Waals surface area contributed by atoms with Crippen molar-refractivity contribution in [3.63, 3.8) is 0 Å². The number of nitrogens with one attached hydrogen (secondary N) is 1. The highest BCUT2D eigenvalue weighted by molar-refractivity contribution is 6.09. The summed E-state index contributed by atoms with van der Waals surface area (Å²) in [6.07, 6.45) is 2.75. The molecule has 0 fully saturated rings. The van der Waals surface area contributed by atoms with Gasteiger partial charge >= 0.3 is 0 Å². The lowest BCUT2D eigenvalue weighted by Gasteiger charge is -2.11. The van der Waals surface area contributed by atoms with Gasteiger partial charge in [0.05, 0.1) is 24.9 Å². The van der Waals surface area contributed by atoms with Gasteiger partial charge in [0, 0.05) is 29.0 Å². The molecule has 0 saturated carbocycles. The number of ether oxygens (including phenoxy) is 3. The second kappa shape index (κ2) is 8.31. The van der Waals surface area contributed by atoms with E-state index in [0.717, 1.165) is 45.1 Å². The van der Waals surface area contributed by atoms with Gasteiger partial charge in [-0.05, 0) is 30.2 Å². The van der Waals surface area contributed by atoms with Crippen molar-refractivity contribution in [2.75, 3.05) is 13.7 Å². The highest BCUT2D eigenvalue weighted by Gasteiger charge is 2.16. The fourth-order valence-corrected chi connectivity index (χ4v) is 3.35. The Kier molecular flexibility index (Phi) is 5.44. The van der Waals surface area contributed by atoms with E-state index in [4.69, 9.17) is 14.2 Å². The van der Waals surface area contributed by atoms with Crippen LogP contribution in [-0.2, 0) is 18.0 Å². The van der Waals surface area contributed by atoms with Gasteiger partial charge in [-0.3, -0.25) is 0 Å². The average molecular weight is 376 g/mol. The van der Waals surface area contributed by atoms with Crippen LogP contribution in [0.5, 0.6) is 11.6 Å². The van der Waals surface area contributed by atoms with E-state index in [2.05, 4.69) is 35.1 Å². The number of aromatic amines is 1. The van der Waals surface area contributed by atoms with Gasteiger partial charge in [0.2, 0.25) is 5.88 Å². The fourth-order valence-electron chi connectivity index (χ4n) is 3.35. The fraction of sp³-hybridized carbons (Fsp3) is 0.261. The Labute approximate surface area is 164 Å². The summed E-state index contributed by atoms with van der Waals surface area (Å²) in [6.45, 7) is 3.68. The van der Waals surface area contributed by atoms with Crippen LogP contribution in [0.4, 0.5) is 0 Å². The van der Waals surface area contributed by atoms with E-state index in [0.29, 0.717) is 25.7 Å². The van der Waals surface area contributed by atoms with Crippen molar-refractivity contribution in [2.45, 2.75) is 26.6 Å². The third-order valence-electron chi connectivity index (χ3n) is 4.65. The molecule has 0 saturated heterocycles. The Morgan fingerprint density at radius 3 is 2.61 bits per heavy atom. The summed E-state index contributed by atoms with van der Waals surface area (Å²) in [4.78, 5) is 7.92. The summed E-state index contributed by atoms with van der Waals surface area (Å²) < 4.78 is 17.3. The highest BCUT2D eigenvalue weighted by atomic mass is 16.5. The maximum absolute atomic E-state index is 6.02. The number of aromatic nitrogens is 2. The Morgan fingerprint density at radius 2 is 1.82 bits per heavy atom. The molecule has 0 radical (unpaired) electrons. The van der Waals surface area contributed by atoms with E-state index < -0.39 is 0 Å². The number of hydrogen-bond acceptors (Lipinski definition) is 4. The normalized spacial score (nSPS) is 11.2. The van der Waals surface area contributed by atoms with Crippen LogP contribution < -0.4 is 9.47 Å². The topological polar surface area (TPSA) is 56.4 Å². The van der Waals surface area contributed by atoms with Gasteiger partial charge in [-0.25, -0.2) is 4.98 Å².